The number of ether oxygens (including phenoxy) is 1. The summed E-state index contributed by atoms with van der Waals surface area (Å²) in [6.45, 7) is 8.18. The van der Waals surface area contributed by atoms with Crippen molar-refractivity contribution in [3.63, 3.8) is 0 Å². The molecule has 0 saturated carbocycles. The van der Waals surface area contributed by atoms with E-state index in [4.69, 9.17) is 4.74 Å². The van der Waals surface area contributed by atoms with Gasteiger partial charge in [0, 0.05) is 13.5 Å². The van der Waals surface area contributed by atoms with E-state index in [1.54, 1.807) is 0 Å². The number of hydrogen-bond acceptors (Lipinski definition) is 2. The molecular formula is C9H19NO2. The molecular weight excluding hydrogens is 154 g/mol. The van der Waals surface area contributed by atoms with Gasteiger partial charge in [0.1, 0.15) is 0 Å². The fourth-order valence-electron chi connectivity index (χ4n) is 0.828. The van der Waals surface area contributed by atoms with Gasteiger partial charge in [0.05, 0.1) is 12.2 Å². The third-order valence-electron chi connectivity index (χ3n) is 1.68. The van der Waals surface area contributed by atoms with Crippen molar-refractivity contribution >= 4 is 5.91 Å². The third kappa shape index (κ3) is 6.16. The van der Waals surface area contributed by atoms with Gasteiger partial charge >= 0.3 is 0 Å². The Bertz CT molecular complexity index is 136. The number of carbonyl (C=O) groups excluding carboxylic acids is 1. The summed E-state index contributed by atoms with van der Waals surface area (Å²) in [5.41, 5.74) is 0. The molecule has 12 heavy (non-hydrogen) atoms. The lowest BCUT2D eigenvalue weighted by Gasteiger charge is -2.17. The summed E-state index contributed by atoms with van der Waals surface area (Å²) in [5, 5.41) is 2.71. The zero-order valence-corrected chi connectivity index (χ0v) is 8.39. The first-order chi connectivity index (χ1) is 5.56. The van der Waals surface area contributed by atoms with Crippen molar-refractivity contribution in [1.82, 2.24) is 5.32 Å². The van der Waals surface area contributed by atoms with Gasteiger partial charge in [-0.25, -0.2) is 0 Å². The Balaban J connectivity index is 3.45. The summed E-state index contributed by atoms with van der Waals surface area (Å²) >= 11 is 0. The Labute approximate surface area is 74.5 Å². The summed E-state index contributed by atoms with van der Waals surface area (Å²) in [7, 11) is 0. The lowest BCUT2D eigenvalue weighted by Crippen LogP contribution is -2.32. The molecule has 0 aromatic carbocycles. The predicted octanol–water partition coefficient (Wildman–Crippen LogP) is 1.33. The molecule has 0 rings (SSSR count). The maximum absolute atomic E-state index is 10.5. The van der Waals surface area contributed by atoms with E-state index in [-0.39, 0.29) is 18.1 Å². The second kappa shape index (κ2) is 6.00. The summed E-state index contributed by atoms with van der Waals surface area (Å²) in [4.78, 5) is 10.5. The third-order valence-corrected chi connectivity index (χ3v) is 1.68. The van der Waals surface area contributed by atoms with Crippen LogP contribution in [0, 0.1) is 0 Å². The minimum atomic E-state index is -0.00500. The monoisotopic (exact) mass is 173 g/mol. The van der Waals surface area contributed by atoms with Crippen molar-refractivity contribution in [2.24, 2.45) is 0 Å². The highest BCUT2D eigenvalue weighted by atomic mass is 16.5. The van der Waals surface area contributed by atoms with Crippen LogP contribution in [-0.4, -0.2) is 24.7 Å². The van der Waals surface area contributed by atoms with E-state index in [0.29, 0.717) is 6.54 Å². The van der Waals surface area contributed by atoms with Crippen molar-refractivity contribution in [2.45, 2.75) is 46.3 Å². The molecule has 0 aliphatic rings. The number of rotatable bonds is 5. The van der Waals surface area contributed by atoms with Crippen LogP contribution in [0.15, 0.2) is 0 Å². The van der Waals surface area contributed by atoms with Crippen molar-refractivity contribution in [3.8, 4) is 0 Å². The van der Waals surface area contributed by atoms with Gasteiger partial charge in [-0.05, 0) is 20.3 Å². The zero-order chi connectivity index (χ0) is 9.56. The van der Waals surface area contributed by atoms with Gasteiger partial charge in [-0.15, -0.1) is 0 Å². The highest BCUT2D eigenvalue weighted by molar-refractivity contribution is 5.72. The summed E-state index contributed by atoms with van der Waals surface area (Å²) in [5.74, 6) is -0.00500. The molecule has 0 aromatic rings. The molecule has 0 heterocycles. The first-order valence-electron chi connectivity index (χ1n) is 4.46. The Kier molecular flexibility index (Phi) is 5.72. The molecule has 0 spiro atoms. The van der Waals surface area contributed by atoms with Crippen LogP contribution in [0.4, 0.5) is 0 Å². The molecule has 0 aliphatic heterocycles. The SMILES string of the molecule is CCC(C)OC(C)CNC(C)=O. The fourth-order valence-corrected chi connectivity index (χ4v) is 0.828. The van der Waals surface area contributed by atoms with Gasteiger partial charge in [-0.1, -0.05) is 6.92 Å². The molecule has 2 atom stereocenters. The molecule has 0 saturated heterocycles. The summed E-state index contributed by atoms with van der Waals surface area (Å²) in [6.07, 6.45) is 1.38. The lowest BCUT2D eigenvalue weighted by molar-refractivity contribution is -0.119. The highest BCUT2D eigenvalue weighted by Crippen LogP contribution is 2.00. The van der Waals surface area contributed by atoms with Crippen LogP contribution >= 0.6 is 0 Å². The quantitative estimate of drug-likeness (QED) is 0.681. The van der Waals surface area contributed by atoms with E-state index in [9.17, 15) is 4.79 Å². The largest absolute Gasteiger partial charge is 0.374 e. The van der Waals surface area contributed by atoms with E-state index in [0.717, 1.165) is 6.42 Å². The molecule has 0 aliphatic carbocycles. The molecule has 72 valence electrons. The molecule has 3 nitrogen and oxygen atoms in total. The first-order valence-corrected chi connectivity index (χ1v) is 4.46. The molecule has 0 bridgehead atoms. The summed E-state index contributed by atoms with van der Waals surface area (Å²) < 4.78 is 5.54. The number of hydrogen-bond donors (Lipinski definition) is 1. The van der Waals surface area contributed by atoms with E-state index in [1.807, 2.05) is 13.8 Å². The second-order valence-electron chi connectivity index (χ2n) is 3.10. The van der Waals surface area contributed by atoms with Crippen LogP contribution in [0.3, 0.4) is 0 Å². The van der Waals surface area contributed by atoms with Crippen LogP contribution in [0.25, 0.3) is 0 Å². The Hall–Kier alpha value is -0.570. The number of nitrogens with one attached hydrogen (secondary N) is 1. The van der Waals surface area contributed by atoms with Gasteiger partial charge in [-0.2, -0.15) is 0 Å². The topological polar surface area (TPSA) is 38.3 Å². The van der Waals surface area contributed by atoms with Gasteiger partial charge in [-0.3, -0.25) is 4.79 Å². The first kappa shape index (κ1) is 11.4. The highest BCUT2D eigenvalue weighted by Gasteiger charge is 2.06. The van der Waals surface area contributed by atoms with Crippen LogP contribution < -0.4 is 5.32 Å². The second-order valence-corrected chi connectivity index (χ2v) is 3.10. The Morgan fingerprint density at radius 2 is 2.00 bits per heavy atom. The zero-order valence-electron chi connectivity index (χ0n) is 8.39. The maximum atomic E-state index is 10.5. The van der Waals surface area contributed by atoms with Gasteiger partial charge < -0.3 is 10.1 Å². The van der Waals surface area contributed by atoms with Crippen molar-refractivity contribution in [1.29, 1.82) is 0 Å². The maximum Gasteiger partial charge on any atom is 0.216 e. The van der Waals surface area contributed by atoms with Gasteiger partial charge in [0.15, 0.2) is 0 Å². The molecule has 3 heteroatoms. The Morgan fingerprint density at radius 1 is 1.42 bits per heavy atom. The van der Waals surface area contributed by atoms with Crippen molar-refractivity contribution in [3.05, 3.63) is 0 Å². The Morgan fingerprint density at radius 3 is 2.42 bits per heavy atom. The minimum Gasteiger partial charge on any atom is -0.374 e. The standard InChI is InChI=1S/C9H19NO2/c1-5-7(2)12-8(3)6-10-9(4)11/h7-8H,5-6H2,1-4H3,(H,10,11). The summed E-state index contributed by atoms with van der Waals surface area (Å²) in [6, 6.07) is 0. The predicted molar refractivity (Wildman–Crippen MR) is 49.0 cm³/mol. The lowest BCUT2D eigenvalue weighted by atomic mass is 10.3. The smallest absolute Gasteiger partial charge is 0.216 e. The van der Waals surface area contributed by atoms with Gasteiger partial charge in [0.25, 0.3) is 0 Å². The normalized spacial score (nSPS) is 15.3. The fraction of sp³-hybridized carbons (Fsp3) is 0.889. The number of amides is 1. The minimum absolute atomic E-state index is 0.00500. The van der Waals surface area contributed by atoms with E-state index < -0.39 is 0 Å². The van der Waals surface area contributed by atoms with Crippen LogP contribution in [0.2, 0.25) is 0 Å². The van der Waals surface area contributed by atoms with Crippen LogP contribution in [0.1, 0.15) is 34.1 Å². The van der Waals surface area contributed by atoms with Crippen LogP contribution in [0.5, 0.6) is 0 Å². The van der Waals surface area contributed by atoms with E-state index >= 15 is 0 Å². The molecule has 0 fully saturated rings. The van der Waals surface area contributed by atoms with Crippen molar-refractivity contribution < 1.29 is 9.53 Å². The van der Waals surface area contributed by atoms with Gasteiger partial charge in [0.2, 0.25) is 5.91 Å². The van der Waals surface area contributed by atoms with E-state index in [2.05, 4.69) is 12.2 Å². The molecule has 1 N–H and O–H groups in total. The van der Waals surface area contributed by atoms with E-state index in [1.165, 1.54) is 6.92 Å². The number of carbonyl (C=O) groups is 1. The molecule has 1 amide bonds. The molecule has 0 aromatic heterocycles. The molecule has 0 radical (unpaired) electrons. The average molecular weight is 173 g/mol. The average Bonchev–Trinajstić information content (AvgIpc) is 2.00. The van der Waals surface area contributed by atoms with Crippen molar-refractivity contribution in [2.75, 3.05) is 6.54 Å². The molecule has 2 unspecified atom stereocenters. The van der Waals surface area contributed by atoms with Crippen LogP contribution in [-0.2, 0) is 9.53 Å².